The number of hydrogen-bond acceptors (Lipinski definition) is 5. The molecule has 22 heavy (non-hydrogen) atoms. The van der Waals surface area contributed by atoms with Crippen LogP contribution in [0.1, 0.15) is 30.3 Å². The van der Waals surface area contributed by atoms with E-state index in [0.29, 0.717) is 29.9 Å². The number of amides is 1. The second-order valence-corrected chi connectivity index (χ2v) is 5.09. The van der Waals surface area contributed by atoms with E-state index < -0.39 is 0 Å². The molecule has 1 aromatic heterocycles. The molecule has 3 rings (SSSR count). The van der Waals surface area contributed by atoms with Gasteiger partial charge in [0.25, 0.3) is 5.91 Å². The average Bonchev–Trinajstić information content (AvgIpc) is 3.34. The van der Waals surface area contributed by atoms with Crippen LogP contribution in [0.15, 0.2) is 36.7 Å². The zero-order valence-corrected chi connectivity index (χ0v) is 12.4. The Bertz CT molecular complexity index is 653. The highest BCUT2D eigenvalue weighted by atomic mass is 16.5. The molecule has 114 valence electrons. The summed E-state index contributed by atoms with van der Waals surface area (Å²) in [6.07, 6.45) is 5.39. The Morgan fingerprint density at radius 1 is 1.27 bits per heavy atom. The number of para-hydroxylation sites is 2. The first-order chi connectivity index (χ1) is 10.8. The van der Waals surface area contributed by atoms with Crippen molar-refractivity contribution >= 4 is 17.4 Å². The second kappa shape index (κ2) is 6.43. The number of nitrogens with zero attached hydrogens (tertiary/aromatic N) is 2. The normalized spacial score (nSPS) is 13.5. The Balaban J connectivity index is 1.68. The van der Waals surface area contributed by atoms with Crippen LogP contribution in [0.3, 0.4) is 0 Å². The van der Waals surface area contributed by atoms with Crippen LogP contribution in [0.4, 0.5) is 11.5 Å². The van der Waals surface area contributed by atoms with Crippen molar-refractivity contribution in [3.63, 3.8) is 0 Å². The maximum Gasteiger partial charge on any atom is 0.275 e. The van der Waals surface area contributed by atoms with Gasteiger partial charge in [0.2, 0.25) is 0 Å². The van der Waals surface area contributed by atoms with Gasteiger partial charge in [-0.3, -0.25) is 4.79 Å². The molecular formula is C16H18N4O2. The number of rotatable bonds is 6. The maximum atomic E-state index is 12.2. The van der Waals surface area contributed by atoms with E-state index in [-0.39, 0.29) is 11.6 Å². The van der Waals surface area contributed by atoms with Crippen LogP contribution in [0.2, 0.25) is 0 Å². The molecule has 0 bridgehead atoms. The molecule has 0 radical (unpaired) electrons. The van der Waals surface area contributed by atoms with Gasteiger partial charge in [-0.05, 0) is 31.9 Å². The smallest absolute Gasteiger partial charge is 0.275 e. The van der Waals surface area contributed by atoms with Gasteiger partial charge in [0.1, 0.15) is 17.3 Å². The Morgan fingerprint density at radius 2 is 2.09 bits per heavy atom. The van der Waals surface area contributed by atoms with E-state index in [1.807, 2.05) is 25.1 Å². The minimum atomic E-state index is -0.308. The second-order valence-electron chi connectivity index (χ2n) is 5.09. The molecule has 0 spiro atoms. The SMILES string of the molecule is CCOc1ccccc1NC(=O)c1cnc(NC2CC2)cn1. The molecule has 0 unspecified atom stereocenters. The lowest BCUT2D eigenvalue weighted by atomic mass is 10.3. The van der Waals surface area contributed by atoms with Crippen molar-refractivity contribution in [1.29, 1.82) is 0 Å². The highest BCUT2D eigenvalue weighted by Crippen LogP contribution is 2.25. The number of carbonyl (C=O) groups excluding carboxylic acids is 1. The predicted octanol–water partition coefficient (Wildman–Crippen LogP) is 2.70. The summed E-state index contributed by atoms with van der Waals surface area (Å²) in [6, 6.07) is 7.81. The number of ether oxygens (including phenoxy) is 1. The largest absolute Gasteiger partial charge is 0.492 e. The monoisotopic (exact) mass is 298 g/mol. The summed E-state index contributed by atoms with van der Waals surface area (Å²) in [5.74, 6) is 1.03. The van der Waals surface area contributed by atoms with Gasteiger partial charge in [-0.25, -0.2) is 9.97 Å². The van der Waals surface area contributed by atoms with Crippen molar-refractivity contribution in [2.24, 2.45) is 0 Å². The van der Waals surface area contributed by atoms with E-state index in [9.17, 15) is 4.79 Å². The van der Waals surface area contributed by atoms with Crippen molar-refractivity contribution in [2.75, 3.05) is 17.2 Å². The molecule has 2 N–H and O–H groups in total. The minimum absolute atomic E-state index is 0.271. The van der Waals surface area contributed by atoms with Crippen LogP contribution in [0.5, 0.6) is 5.75 Å². The Hall–Kier alpha value is -2.63. The first-order valence-corrected chi connectivity index (χ1v) is 7.38. The Labute approximate surface area is 128 Å². The van der Waals surface area contributed by atoms with E-state index in [4.69, 9.17) is 4.74 Å². The third-order valence-corrected chi connectivity index (χ3v) is 3.25. The van der Waals surface area contributed by atoms with Gasteiger partial charge >= 0.3 is 0 Å². The zero-order chi connectivity index (χ0) is 15.4. The van der Waals surface area contributed by atoms with Crippen LogP contribution in [0, 0.1) is 0 Å². The summed E-state index contributed by atoms with van der Waals surface area (Å²) in [5, 5.41) is 6.03. The van der Waals surface area contributed by atoms with E-state index in [2.05, 4.69) is 20.6 Å². The fraction of sp³-hybridized carbons (Fsp3) is 0.312. The molecule has 6 nitrogen and oxygen atoms in total. The number of benzene rings is 1. The molecule has 1 saturated carbocycles. The lowest BCUT2D eigenvalue weighted by Crippen LogP contribution is -2.15. The molecule has 1 aliphatic rings. The van der Waals surface area contributed by atoms with Crippen molar-refractivity contribution in [2.45, 2.75) is 25.8 Å². The van der Waals surface area contributed by atoms with Crippen LogP contribution >= 0.6 is 0 Å². The van der Waals surface area contributed by atoms with Crippen molar-refractivity contribution in [3.05, 3.63) is 42.4 Å². The molecule has 1 fully saturated rings. The van der Waals surface area contributed by atoms with Gasteiger partial charge in [-0.15, -0.1) is 0 Å². The standard InChI is InChI=1S/C16H18N4O2/c1-2-22-14-6-4-3-5-12(14)20-16(21)13-9-18-15(10-17-13)19-11-7-8-11/h3-6,9-11H,2,7-8H2,1H3,(H,18,19)(H,20,21). The maximum absolute atomic E-state index is 12.2. The molecule has 1 amide bonds. The van der Waals surface area contributed by atoms with E-state index in [1.54, 1.807) is 12.3 Å². The van der Waals surface area contributed by atoms with Gasteiger partial charge in [0, 0.05) is 6.04 Å². The fourth-order valence-electron chi connectivity index (χ4n) is 1.99. The first kappa shape index (κ1) is 14.3. The number of nitrogens with one attached hydrogen (secondary N) is 2. The third-order valence-electron chi connectivity index (χ3n) is 3.25. The quantitative estimate of drug-likeness (QED) is 0.857. The third kappa shape index (κ3) is 3.52. The van der Waals surface area contributed by atoms with Gasteiger partial charge in [-0.2, -0.15) is 0 Å². The van der Waals surface area contributed by atoms with Gasteiger partial charge in [0.05, 0.1) is 24.7 Å². The number of aromatic nitrogens is 2. The molecule has 1 aromatic carbocycles. The van der Waals surface area contributed by atoms with Crippen molar-refractivity contribution in [3.8, 4) is 5.75 Å². The highest BCUT2D eigenvalue weighted by Gasteiger charge is 2.21. The van der Waals surface area contributed by atoms with Crippen molar-refractivity contribution in [1.82, 2.24) is 9.97 Å². The minimum Gasteiger partial charge on any atom is -0.492 e. The molecule has 0 saturated heterocycles. The molecule has 6 heteroatoms. The van der Waals surface area contributed by atoms with Crippen LogP contribution in [-0.2, 0) is 0 Å². The van der Waals surface area contributed by atoms with Crippen molar-refractivity contribution < 1.29 is 9.53 Å². The number of carbonyl (C=O) groups is 1. The topological polar surface area (TPSA) is 76.1 Å². The molecule has 2 aromatic rings. The molecule has 1 aliphatic carbocycles. The first-order valence-electron chi connectivity index (χ1n) is 7.38. The van der Waals surface area contributed by atoms with Crippen LogP contribution in [0.25, 0.3) is 0 Å². The van der Waals surface area contributed by atoms with E-state index >= 15 is 0 Å². The molecular weight excluding hydrogens is 280 g/mol. The van der Waals surface area contributed by atoms with Gasteiger partial charge in [-0.1, -0.05) is 12.1 Å². The summed E-state index contributed by atoms with van der Waals surface area (Å²) in [6.45, 7) is 2.43. The average molecular weight is 298 g/mol. The summed E-state index contributed by atoms with van der Waals surface area (Å²) >= 11 is 0. The summed E-state index contributed by atoms with van der Waals surface area (Å²) in [5.41, 5.74) is 0.893. The molecule has 1 heterocycles. The summed E-state index contributed by atoms with van der Waals surface area (Å²) in [7, 11) is 0. The van der Waals surface area contributed by atoms with Gasteiger partial charge in [0.15, 0.2) is 0 Å². The lowest BCUT2D eigenvalue weighted by molar-refractivity contribution is 0.102. The molecule has 0 aliphatic heterocycles. The lowest BCUT2D eigenvalue weighted by Gasteiger charge is -2.11. The van der Waals surface area contributed by atoms with E-state index in [1.165, 1.54) is 6.20 Å². The van der Waals surface area contributed by atoms with Crippen LogP contribution in [-0.4, -0.2) is 28.5 Å². The van der Waals surface area contributed by atoms with Gasteiger partial charge < -0.3 is 15.4 Å². The van der Waals surface area contributed by atoms with E-state index in [0.717, 1.165) is 12.8 Å². The Morgan fingerprint density at radius 3 is 2.77 bits per heavy atom. The number of hydrogen-bond donors (Lipinski definition) is 2. The summed E-state index contributed by atoms with van der Waals surface area (Å²) < 4.78 is 5.48. The van der Waals surface area contributed by atoms with Crippen LogP contribution < -0.4 is 15.4 Å². The molecule has 0 atom stereocenters. The fourth-order valence-corrected chi connectivity index (χ4v) is 1.99. The Kier molecular flexibility index (Phi) is 4.18. The number of anilines is 2. The predicted molar refractivity (Wildman–Crippen MR) is 84.2 cm³/mol. The summed E-state index contributed by atoms with van der Waals surface area (Å²) in [4.78, 5) is 20.6. The highest BCUT2D eigenvalue weighted by molar-refractivity contribution is 6.03. The zero-order valence-electron chi connectivity index (χ0n) is 12.4.